The quantitative estimate of drug-likeness (QED) is 0.841. The van der Waals surface area contributed by atoms with Crippen molar-refractivity contribution in [2.45, 2.75) is 26.3 Å². The Labute approximate surface area is 101 Å². The van der Waals surface area contributed by atoms with Gasteiger partial charge in [-0.3, -0.25) is 4.79 Å². The summed E-state index contributed by atoms with van der Waals surface area (Å²) in [6, 6.07) is 5.66. The van der Waals surface area contributed by atoms with E-state index in [0.717, 1.165) is 11.1 Å². The SMILES string of the molecule is Cc1ccc(CC(=O)NC(C)CN)cc1Cl. The van der Waals surface area contributed by atoms with Gasteiger partial charge in [0.1, 0.15) is 0 Å². The van der Waals surface area contributed by atoms with Crippen molar-refractivity contribution >= 4 is 17.5 Å². The van der Waals surface area contributed by atoms with Crippen LogP contribution in [0.3, 0.4) is 0 Å². The summed E-state index contributed by atoms with van der Waals surface area (Å²) in [5.41, 5.74) is 7.35. The van der Waals surface area contributed by atoms with Gasteiger partial charge in [0.15, 0.2) is 0 Å². The molecule has 3 nitrogen and oxygen atoms in total. The highest BCUT2D eigenvalue weighted by molar-refractivity contribution is 6.31. The van der Waals surface area contributed by atoms with Crippen molar-refractivity contribution in [1.82, 2.24) is 5.32 Å². The molecule has 1 aromatic rings. The van der Waals surface area contributed by atoms with E-state index in [1.165, 1.54) is 0 Å². The number of carbonyl (C=O) groups excluding carboxylic acids is 1. The molecule has 3 N–H and O–H groups in total. The minimum Gasteiger partial charge on any atom is -0.352 e. The molecule has 0 aliphatic heterocycles. The number of benzene rings is 1. The molecule has 0 radical (unpaired) electrons. The van der Waals surface area contributed by atoms with Crippen LogP contribution in [0.1, 0.15) is 18.1 Å². The van der Waals surface area contributed by atoms with Crippen LogP contribution < -0.4 is 11.1 Å². The van der Waals surface area contributed by atoms with Gasteiger partial charge in [0.25, 0.3) is 0 Å². The Morgan fingerprint density at radius 2 is 2.25 bits per heavy atom. The summed E-state index contributed by atoms with van der Waals surface area (Å²) in [4.78, 5) is 11.6. The molecule has 0 spiro atoms. The summed E-state index contributed by atoms with van der Waals surface area (Å²) in [7, 11) is 0. The Morgan fingerprint density at radius 3 is 2.81 bits per heavy atom. The van der Waals surface area contributed by atoms with Gasteiger partial charge in [0.2, 0.25) is 5.91 Å². The zero-order valence-electron chi connectivity index (χ0n) is 9.59. The smallest absolute Gasteiger partial charge is 0.224 e. The molecule has 0 aliphatic carbocycles. The van der Waals surface area contributed by atoms with Gasteiger partial charge in [0.05, 0.1) is 6.42 Å². The van der Waals surface area contributed by atoms with Crippen molar-refractivity contribution in [3.63, 3.8) is 0 Å². The van der Waals surface area contributed by atoms with Gasteiger partial charge in [-0.2, -0.15) is 0 Å². The molecule has 1 atom stereocenters. The Balaban J connectivity index is 2.59. The van der Waals surface area contributed by atoms with E-state index in [1.807, 2.05) is 32.0 Å². The number of hydrogen-bond acceptors (Lipinski definition) is 2. The molecular weight excluding hydrogens is 224 g/mol. The number of carbonyl (C=O) groups is 1. The third-order valence-electron chi connectivity index (χ3n) is 2.36. The molecule has 0 bridgehead atoms. The molecule has 1 aromatic carbocycles. The predicted octanol–water partition coefficient (Wildman–Crippen LogP) is 1.65. The Kier molecular flexibility index (Phi) is 4.77. The molecule has 0 aromatic heterocycles. The van der Waals surface area contributed by atoms with Gasteiger partial charge in [-0.1, -0.05) is 23.7 Å². The number of halogens is 1. The van der Waals surface area contributed by atoms with Crippen molar-refractivity contribution in [2.24, 2.45) is 5.73 Å². The fraction of sp³-hybridized carbons (Fsp3) is 0.417. The summed E-state index contributed by atoms with van der Waals surface area (Å²) in [5, 5.41) is 3.50. The first-order valence-electron chi connectivity index (χ1n) is 5.27. The van der Waals surface area contributed by atoms with Crippen LogP contribution in [-0.4, -0.2) is 18.5 Å². The van der Waals surface area contributed by atoms with Crippen LogP contribution in [0, 0.1) is 6.92 Å². The molecular formula is C12H17ClN2O. The number of aryl methyl sites for hydroxylation is 1. The lowest BCUT2D eigenvalue weighted by Gasteiger charge is -2.11. The second-order valence-electron chi connectivity index (χ2n) is 3.96. The van der Waals surface area contributed by atoms with E-state index in [4.69, 9.17) is 17.3 Å². The second kappa shape index (κ2) is 5.87. The minimum atomic E-state index is -0.0298. The van der Waals surface area contributed by atoms with Crippen LogP contribution >= 0.6 is 11.6 Å². The highest BCUT2D eigenvalue weighted by Gasteiger charge is 2.07. The number of rotatable bonds is 4. The summed E-state index contributed by atoms with van der Waals surface area (Å²) in [6.07, 6.45) is 0.338. The van der Waals surface area contributed by atoms with E-state index in [0.29, 0.717) is 18.0 Å². The number of amides is 1. The highest BCUT2D eigenvalue weighted by Crippen LogP contribution is 2.16. The maximum Gasteiger partial charge on any atom is 0.224 e. The first-order chi connectivity index (χ1) is 7.52. The molecule has 88 valence electrons. The van der Waals surface area contributed by atoms with Gasteiger partial charge in [-0.15, -0.1) is 0 Å². The van der Waals surface area contributed by atoms with Crippen molar-refractivity contribution in [1.29, 1.82) is 0 Å². The van der Waals surface area contributed by atoms with Crippen LogP contribution in [0.4, 0.5) is 0 Å². The Hall–Kier alpha value is -1.06. The van der Waals surface area contributed by atoms with Crippen molar-refractivity contribution in [3.05, 3.63) is 34.3 Å². The summed E-state index contributed by atoms with van der Waals surface area (Å²) in [5.74, 6) is -0.0298. The maximum atomic E-state index is 11.6. The first kappa shape index (κ1) is 13.0. The minimum absolute atomic E-state index is 0.00780. The predicted molar refractivity (Wildman–Crippen MR) is 66.6 cm³/mol. The molecule has 1 rings (SSSR count). The van der Waals surface area contributed by atoms with Crippen molar-refractivity contribution < 1.29 is 4.79 Å². The maximum absolute atomic E-state index is 11.6. The molecule has 0 saturated carbocycles. The van der Waals surface area contributed by atoms with E-state index in [1.54, 1.807) is 0 Å². The molecule has 16 heavy (non-hydrogen) atoms. The van der Waals surface area contributed by atoms with Crippen molar-refractivity contribution in [3.8, 4) is 0 Å². The van der Waals surface area contributed by atoms with Gasteiger partial charge >= 0.3 is 0 Å². The van der Waals surface area contributed by atoms with E-state index >= 15 is 0 Å². The van der Waals surface area contributed by atoms with Gasteiger partial charge in [-0.25, -0.2) is 0 Å². The summed E-state index contributed by atoms with van der Waals surface area (Å²) >= 11 is 5.98. The lowest BCUT2D eigenvalue weighted by molar-refractivity contribution is -0.120. The Bertz CT molecular complexity index is 379. The lowest BCUT2D eigenvalue weighted by atomic mass is 10.1. The summed E-state index contributed by atoms with van der Waals surface area (Å²) in [6.45, 7) is 4.25. The zero-order chi connectivity index (χ0) is 12.1. The van der Waals surface area contributed by atoms with E-state index in [-0.39, 0.29) is 11.9 Å². The summed E-state index contributed by atoms with van der Waals surface area (Å²) < 4.78 is 0. The number of nitrogens with one attached hydrogen (secondary N) is 1. The van der Waals surface area contributed by atoms with Crippen LogP contribution in [-0.2, 0) is 11.2 Å². The average Bonchev–Trinajstić information content (AvgIpc) is 2.23. The third kappa shape index (κ3) is 3.83. The molecule has 1 unspecified atom stereocenters. The van der Waals surface area contributed by atoms with Gasteiger partial charge in [-0.05, 0) is 31.0 Å². The normalized spacial score (nSPS) is 12.2. The van der Waals surface area contributed by atoms with E-state index in [9.17, 15) is 4.79 Å². The fourth-order valence-corrected chi connectivity index (χ4v) is 1.52. The van der Waals surface area contributed by atoms with Crippen molar-refractivity contribution in [2.75, 3.05) is 6.54 Å². The first-order valence-corrected chi connectivity index (χ1v) is 5.65. The van der Waals surface area contributed by atoms with E-state index in [2.05, 4.69) is 5.32 Å². The van der Waals surface area contributed by atoms with Crippen LogP contribution in [0.2, 0.25) is 5.02 Å². The van der Waals surface area contributed by atoms with Gasteiger partial charge in [0, 0.05) is 17.6 Å². The zero-order valence-corrected chi connectivity index (χ0v) is 10.3. The second-order valence-corrected chi connectivity index (χ2v) is 4.37. The topological polar surface area (TPSA) is 55.1 Å². The molecule has 0 heterocycles. The average molecular weight is 241 g/mol. The lowest BCUT2D eigenvalue weighted by Crippen LogP contribution is -2.38. The molecule has 4 heteroatoms. The Morgan fingerprint density at radius 1 is 1.56 bits per heavy atom. The molecule has 0 saturated heterocycles. The van der Waals surface area contributed by atoms with Crippen LogP contribution in [0.25, 0.3) is 0 Å². The fourth-order valence-electron chi connectivity index (χ4n) is 1.32. The molecule has 0 aliphatic rings. The van der Waals surface area contributed by atoms with Crippen LogP contribution in [0.15, 0.2) is 18.2 Å². The van der Waals surface area contributed by atoms with Crippen LogP contribution in [0.5, 0.6) is 0 Å². The van der Waals surface area contributed by atoms with Gasteiger partial charge < -0.3 is 11.1 Å². The molecule has 1 amide bonds. The standard InChI is InChI=1S/C12H17ClN2O/c1-8-3-4-10(5-11(8)13)6-12(16)15-9(2)7-14/h3-5,9H,6-7,14H2,1-2H3,(H,15,16). The number of nitrogens with two attached hydrogens (primary N) is 1. The van der Waals surface area contributed by atoms with E-state index < -0.39 is 0 Å². The number of hydrogen-bond donors (Lipinski definition) is 2. The highest BCUT2D eigenvalue weighted by atomic mass is 35.5. The largest absolute Gasteiger partial charge is 0.352 e. The molecule has 0 fully saturated rings. The monoisotopic (exact) mass is 240 g/mol. The third-order valence-corrected chi connectivity index (χ3v) is 2.77.